The van der Waals surface area contributed by atoms with Crippen LogP contribution in [0, 0.1) is 0 Å². The molecule has 4 rings (SSSR count). The first kappa shape index (κ1) is 20.3. The zero-order chi connectivity index (χ0) is 20.8. The molecule has 6 heteroatoms. The Balaban J connectivity index is 1.24. The monoisotopic (exact) mass is 404 g/mol. The third-order valence-electron chi connectivity index (χ3n) is 5.65. The van der Waals surface area contributed by atoms with Gasteiger partial charge in [-0.05, 0) is 24.3 Å². The maximum atomic E-state index is 12.5. The number of carbonyl (C=O) groups excluding carboxylic acids is 1. The zero-order valence-corrected chi connectivity index (χ0v) is 17.4. The maximum absolute atomic E-state index is 12.5. The van der Waals surface area contributed by atoms with Crippen molar-refractivity contribution in [3.63, 3.8) is 0 Å². The molecular formula is C24H28N4O2. The van der Waals surface area contributed by atoms with Crippen molar-refractivity contribution in [1.29, 1.82) is 0 Å². The molecule has 1 aromatic heterocycles. The van der Waals surface area contributed by atoms with Crippen molar-refractivity contribution >= 4 is 5.78 Å². The lowest BCUT2D eigenvalue weighted by Crippen LogP contribution is -2.48. The summed E-state index contributed by atoms with van der Waals surface area (Å²) in [6.45, 7) is 6.15. The number of methoxy groups -OCH3 is 1. The minimum Gasteiger partial charge on any atom is -0.497 e. The van der Waals surface area contributed by atoms with Crippen LogP contribution in [0.2, 0.25) is 0 Å². The van der Waals surface area contributed by atoms with Crippen molar-refractivity contribution in [1.82, 2.24) is 19.4 Å². The molecule has 156 valence electrons. The van der Waals surface area contributed by atoms with Crippen molar-refractivity contribution in [2.75, 3.05) is 46.4 Å². The van der Waals surface area contributed by atoms with Gasteiger partial charge in [0.05, 0.1) is 13.7 Å². The molecule has 30 heavy (non-hydrogen) atoms. The van der Waals surface area contributed by atoms with E-state index in [1.807, 2.05) is 54.9 Å². The second-order valence-electron chi connectivity index (χ2n) is 7.58. The van der Waals surface area contributed by atoms with Crippen LogP contribution in [0.4, 0.5) is 0 Å². The van der Waals surface area contributed by atoms with Gasteiger partial charge >= 0.3 is 0 Å². The molecule has 0 radical (unpaired) electrons. The molecule has 1 saturated heterocycles. The van der Waals surface area contributed by atoms with Gasteiger partial charge in [0.25, 0.3) is 0 Å². The van der Waals surface area contributed by atoms with Crippen LogP contribution in [0.1, 0.15) is 10.4 Å². The summed E-state index contributed by atoms with van der Waals surface area (Å²) in [5.41, 5.74) is 1.89. The predicted octanol–water partition coefficient (Wildman–Crippen LogP) is 3.06. The van der Waals surface area contributed by atoms with Gasteiger partial charge in [0.2, 0.25) is 0 Å². The number of hydrogen-bond donors (Lipinski definition) is 0. The van der Waals surface area contributed by atoms with E-state index in [4.69, 9.17) is 4.74 Å². The number of Topliss-reactive ketones (excluding diaryl/α,β-unsaturated/α-hetero) is 1. The minimum absolute atomic E-state index is 0.164. The first-order valence-electron chi connectivity index (χ1n) is 10.4. The number of nitrogens with zero attached hydrogens (tertiary/aromatic N) is 4. The van der Waals surface area contributed by atoms with Crippen LogP contribution in [0.25, 0.3) is 11.4 Å². The van der Waals surface area contributed by atoms with Gasteiger partial charge in [-0.15, -0.1) is 0 Å². The molecule has 0 amide bonds. The topological polar surface area (TPSA) is 50.6 Å². The smallest absolute Gasteiger partial charge is 0.176 e. The van der Waals surface area contributed by atoms with Crippen molar-refractivity contribution in [3.05, 3.63) is 72.6 Å². The first-order chi connectivity index (χ1) is 14.7. The predicted molar refractivity (Wildman–Crippen MR) is 118 cm³/mol. The number of ether oxygens (including phenoxy) is 1. The molecule has 0 spiro atoms. The summed E-state index contributed by atoms with van der Waals surface area (Å²) in [5.74, 6) is 1.95. The highest BCUT2D eigenvalue weighted by molar-refractivity contribution is 5.97. The molecule has 6 nitrogen and oxygen atoms in total. The molecule has 2 aromatic carbocycles. The fourth-order valence-electron chi connectivity index (χ4n) is 3.83. The normalized spacial score (nSPS) is 15.2. The largest absolute Gasteiger partial charge is 0.497 e. The standard InChI is InChI=1S/C24H28N4O2/c1-30-22-9-7-20(8-10-22)23(29)19-27-15-13-26(14-16-27)17-18-28-12-11-25-24(28)21-5-3-2-4-6-21/h2-12H,13-19H2,1H3. The molecule has 1 fully saturated rings. The SMILES string of the molecule is COc1ccc(C(=O)CN2CCN(CCn3ccnc3-c3ccccc3)CC2)cc1. The molecule has 0 N–H and O–H groups in total. The molecule has 1 aliphatic rings. The van der Waals surface area contributed by atoms with Crippen molar-refractivity contribution < 1.29 is 9.53 Å². The summed E-state index contributed by atoms with van der Waals surface area (Å²) < 4.78 is 7.38. The highest BCUT2D eigenvalue weighted by Gasteiger charge is 2.19. The van der Waals surface area contributed by atoms with Crippen LogP contribution < -0.4 is 4.74 Å². The highest BCUT2D eigenvalue weighted by atomic mass is 16.5. The molecular weight excluding hydrogens is 376 g/mol. The third kappa shape index (κ3) is 4.96. The van der Waals surface area contributed by atoms with E-state index < -0.39 is 0 Å². The van der Waals surface area contributed by atoms with Crippen LogP contribution >= 0.6 is 0 Å². The summed E-state index contributed by atoms with van der Waals surface area (Å²) in [5, 5.41) is 0. The third-order valence-corrected chi connectivity index (χ3v) is 5.65. The Morgan fingerprint density at radius 1 is 0.933 bits per heavy atom. The Morgan fingerprint density at radius 2 is 1.63 bits per heavy atom. The van der Waals surface area contributed by atoms with Crippen LogP contribution in [-0.2, 0) is 6.54 Å². The van der Waals surface area contributed by atoms with Crippen LogP contribution in [0.3, 0.4) is 0 Å². The first-order valence-corrected chi connectivity index (χ1v) is 10.4. The van der Waals surface area contributed by atoms with E-state index in [0.717, 1.165) is 62.0 Å². The van der Waals surface area contributed by atoms with Gasteiger partial charge in [-0.25, -0.2) is 4.98 Å². The van der Waals surface area contributed by atoms with Crippen molar-refractivity contribution in [3.8, 4) is 17.1 Å². The Bertz CT molecular complexity index is 945. The highest BCUT2D eigenvalue weighted by Crippen LogP contribution is 2.17. The van der Waals surface area contributed by atoms with Gasteiger partial charge in [0, 0.05) is 62.8 Å². The fraction of sp³-hybridized carbons (Fsp3) is 0.333. The average molecular weight is 405 g/mol. The minimum atomic E-state index is 0.164. The van der Waals surface area contributed by atoms with Crippen LogP contribution in [0.15, 0.2) is 67.0 Å². The van der Waals surface area contributed by atoms with E-state index in [9.17, 15) is 4.79 Å². The van der Waals surface area contributed by atoms with Gasteiger partial charge in [-0.1, -0.05) is 30.3 Å². The van der Waals surface area contributed by atoms with Crippen molar-refractivity contribution in [2.24, 2.45) is 0 Å². The Labute approximate surface area is 177 Å². The molecule has 3 aromatic rings. The summed E-state index contributed by atoms with van der Waals surface area (Å²) in [6.07, 6.45) is 3.91. The number of aromatic nitrogens is 2. The van der Waals surface area contributed by atoms with Gasteiger partial charge in [-0.3, -0.25) is 14.6 Å². The van der Waals surface area contributed by atoms with Gasteiger partial charge in [-0.2, -0.15) is 0 Å². The molecule has 0 bridgehead atoms. The average Bonchev–Trinajstić information content (AvgIpc) is 3.28. The zero-order valence-electron chi connectivity index (χ0n) is 17.4. The molecule has 0 unspecified atom stereocenters. The fourth-order valence-corrected chi connectivity index (χ4v) is 3.83. The number of imidazole rings is 1. The Morgan fingerprint density at radius 3 is 2.33 bits per heavy atom. The Kier molecular flexibility index (Phi) is 6.57. The van der Waals surface area contributed by atoms with E-state index in [1.165, 1.54) is 0 Å². The number of hydrogen-bond acceptors (Lipinski definition) is 5. The molecule has 1 aliphatic heterocycles. The molecule has 0 saturated carbocycles. The molecule has 0 aliphatic carbocycles. The Hall–Kier alpha value is -2.96. The summed E-state index contributed by atoms with van der Waals surface area (Å²) in [4.78, 5) is 21.8. The number of benzene rings is 2. The maximum Gasteiger partial charge on any atom is 0.176 e. The quantitative estimate of drug-likeness (QED) is 0.540. The van der Waals surface area contributed by atoms with E-state index in [2.05, 4.69) is 31.5 Å². The van der Waals surface area contributed by atoms with E-state index in [0.29, 0.717) is 6.54 Å². The number of carbonyl (C=O) groups is 1. The van der Waals surface area contributed by atoms with Gasteiger partial charge in [0.1, 0.15) is 11.6 Å². The molecule has 0 atom stereocenters. The van der Waals surface area contributed by atoms with Gasteiger partial charge in [0.15, 0.2) is 5.78 Å². The lowest BCUT2D eigenvalue weighted by molar-refractivity contribution is 0.0848. The summed E-state index contributed by atoms with van der Waals surface area (Å²) in [6, 6.07) is 17.7. The van der Waals surface area contributed by atoms with E-state index in [1.54, 1.807) is 7.11 Å². The lowest BCUT2D eigenvalue weighted by atomic mass is 10.1. The van der Waals surface area contributed by atoms with Crippen LogP contribution in [-0.4, -0.2) is 71.5 Å². The van der Waals surface area contributed by atoms with Gasteiger partial charge < -0.3 is 9.30 Å². The van der Waals surface area contributed by atoms with E-state index in [-0.39, 0.29) is 5.78 Å². The second-order valence-corrected chi connectivity index (χ2v) is 7.58. The van der Waals surface area contributed by atoms with E-state index >= 15 is 0 Å². The number of piperazine rings is 1. The summed E-state index contributed by atoms with van der Waals surface area (Å²) >= 11 is 0. The number of ketones is 1. The molecule has 2 heterocycles. The van der Waals surface area contributed by atoms with Crippen molar-refractivity contribution in [2.45, 2.75) is 6.54 Å². The summed E-state index contributed by atoms with van der Waals surface area (Å²) in [7, 11) is 1.63. The second kappa shape index (κ2) is 9.69. The lowest BCUT2D eigenvalue weighted by Gasteiger charge is -2.34. The number of rotatable bonds is 8. The van der Waals surface area contributed by atoms with Crippen LogP contribution in [0.5, 0.6) is 5.75 Å².